The van der Waals surface area contributed by atoms with Crippen LogP contribution in [0.2, 0.25) is 0 Å². The number of hydrogen-bond donors (Lipinski definition) is 1. The summed E-state index contributed by atoms with van der Waals surface area (Å²) in [5, 5.41) is -4.98. The number of ether oxygens (including phenoxy) is 2. The van der Waals surface area contributed by atoms with Crippen LogP contribution in [0.1, 0.15) is 38.5 Å². The molecule has 2 fully saturated rings. The summed E-state index contributed by atoms with van der Waals surface area (Å²) in [4.78, 5) is 22.8. The smallest absolute Gasteiger partial charge is 0.462 e. The van der Waals surface area contributed by atoms with Gasteiger partial charge in [0.05, 0.1) is 12.5 Å². The molecule has 0 aromatic carbocycles. The highest BCUT2D eigenvalue weighted by Crippen LogP contribution is 2.35. The molecule has 2 heterocycles. The van der Waals surface area contributed by atoms with Crippen LogP contribution in [0.3, 0.4) is 0 Å². The van der Waals surface area contributed by atoms with Gasteiger partial charge >= 0.3 is 27.3 Å². The molecule has 10 heteroatoms. The minimum atomic E-state index is -5.85. The van der Waals surface area contributed by atoms with Crippen molar-refractivity contribution in [2.75, 3.05) is 6.61 Å². The third-order valence-electron chi connectivity index (χ3n) is 4.23. The summed E-state index contributed by atoms with van der Waals surface area (Å²) in [6, 6.07) is 0. The van der Waals surface area contributed by atoms with Crippen LogP contribution in [0.25, 0.3) is 0 Å². The summed E-state index contributed by atoms with van der Waals surface area (Å²) >= 11 is 0. The molecule has 23 heavy (non-hydrogen) atoms. The summed E-state index contributed by atoms with van der Waals surface area (Å²) in [6.45, 7) is -0.414. The number of carbonyl (C=O) groups is 2. The predicted molar refractivity (Wildman–Crippen MR) is 72.0 cm³/mol. The Labute approximate surface area is 132 Å². The third-order valence-corrected chi connectivity index (χ3v) is 5.04. The fraction of sp³-hybridized carbons (Fsp3) is 0.846. The molecule has 0 spiro atoms. The molecule has 2 rings (SSSR count). The van der Waals surface area contributed by atoms with Gasteiger partial charge in [-0.25, -0.2) is 4.79 Å². The number of alkyl halides is 2. The maximum Gasteiger partial charge on any atom is 0.465 e. The van der Waals surface area contributed by atoms with Crippen molar-refractivity contribution in [3.05, 3.63) is 0 Å². The first-order valence-electron chi connectivity index (χ1n) is 7.34. The quantitative estimate of drug-likeness (QED) is 0.588. The number of esters is 2. The molecule has 3 unspecified atom stereocenters. The summed E-state index contributed by atoms with van der Waals surface area (Å²) in [5.41, 5.74) is 0. The first-order valence-corrected chi connectivity index (χ1v) is 8.78. The first-order chi connectivity index (χ1) is 10.6. The molecule has 0 radical (unpaired) electrons. The molecule has 0 aromatic rings. The lowest BCUT2D eigenvalue weighted by atomic mass is 9.83. The number of carbonyl (C=O) groups excluding carboxylic acids is 2. The number of halogens is 2. The molecule has 0 saturated carbocycles. The van der Waals surface area contributed by atoms with E-state index in [0.717, 1.165) is 12.8 Å². The van der Waals surface area contributed by atoms with E-state index in [1.165, 1.54) is 0 Å². The van der Waals surface area contributed by atoms with Gasteiger partial charge in [0.1, 0.15) is 6.10 Å². The third kappa shape index (κ3) is 4.17. The summed E-state index contributed by atoms with van der Waals surface area (Å²) in [6.07, 6.45) is 3.46. The molecular weight excluding hydrogens is 338 g/mol. The van der Waals surface area contributed by atoms with Crippen molar-refractivity contribution in [3.63, 3.8) is 0 Å². The average Bonchev–Trinajstić information content (AvgIpc) is 2.66. The lowest BCUT2D eigenvalue weighted by Crippen LogP contribution is -2.39. The van der Waals surface area contributed by atoms with E-state index in [-0.39, 0.29) is 30.3 Å². The topological polar surface area (TPSA) is 107 Å². The van der Waals surface area contributed by atoms with Crippen LogP contribution in [-0.2, 0) is 29.2 Å². The van der Waals surface area contributed by atoms with Crippen LogP contribution < -0.4 is 0 Å². The zero-order chi connectivity index (χ0) is 17.3. The SMILES string of the molecule is O=C1OC2CCCC1CC(CCOC(=O)C(F)(F)S(=O)(=O)O)C2. The number of rotatable bonds is 5. The van der Waals surface area contributed by atoms with Crippen LogP contribution in [0.4, 0.5) is 8.78 Å². The Morgan fingerprint density at radius 2 is 2.04 bits per heavy atom. The lowest BCUT2D eigenvalue weighted by Gasteiger charge is -2.22. The normalized spacial score (nSPS) is 28.7. The Morgan fingerprint density at radius 3 is 2.70 bits per heavy atom. The van der Waals surface area contributed by atoms with Crippen molar-refractivity contribution < 1.29 is 40.8 Å². The van der Waals surface area contributed by atoms with E-state index in [1.54, 1.807) is 0 Å². The maximum absolute atomic E-state index is 13.0. The predicted octanol–water partition coefficient (Wildman–Crippen LogP) is 1.52. The van der Waals surface area contributed by atoms with Gasteiger partial charge in [-0.3, -0.25) is 9.35 Å². The average molecular weight is 356 g/mol. The molecule has 3 atom stereocenters. The molecule has 0 aliphatic carbocycles. The number of hydrogen-bond acceptors (Lipinski definition) is 6. The van der Waals surface area contributed by atoms with Gasteiger partial charge in [0.2, 0.25) is 0 Å². The summed E-state index contributed by atoms with van der Waals surface area (Å²) in [7, 11) is -5.85. The molecule has 2 aliphatic rings. The fourth-order valence-corrected chi connectivity index (χ4v) is 3.29. The maximum atomic E-state index is 13.0. The molecule has 7 nitrogen and oxygen atoms in total. The van der Waals surface area contributed by atoms with E-state index in [9.17, 15) is 26.8 Å². The standard InChI is InChI=1S/C13H18F2O7S/c14-13(15,23(18,19)20)12(17)21-5-4-8-6-9-2-1-3-10(7-8)22-11(9)16/h8-10H,1-7H2,(H,18,19,20). The largest absolute Gasteiger partial charge is 0.465 e. The zero-order valence-corrected chi connectivity index (χ0v) is 13.1. The van der Waals surface area contributed by atoms with Crippen molar-refractivity contribution in [1.29, 1.82) is 0 Å². The van der Waals surface area contributed by atoms with Crippen LogP contribution >= 0.6 is 0 Å². The van der Waals surface area contributed by atoms with Gasteiger partial charge in [0, 0.05) is 0 Å². The van der Waals surface area contributed by atoms with Gasteiger partial charge in [-0.1, -0.05) is 0 Å². The van der Waals surface area contributed by atoms with E-state index in [2.05, 4.69) is 4.74 Å². The van der Waals surface area contributed by atoms with Crippen LogP contribution in [0, 0.1) is 11.8 Å². The highest BCUT2D eigenvalue weighted by atomic mass is 32.2. The van der Waals surface area contributed by atoms with Crippen molar-refractivity contribution in [2.24, 2.45) is 11.8 Å². The van der Waals surface area contributed by atoms with E-state index in [0.29, 0.717) is 19.3 Å². The molecular formula is C13H18F2O7S. The second-order valence-corrected chi connectivity index (χ2v) is 7.40. The molecule has 2 bridgehead atoms. The Balaban J connectivity index is 1.87. The van der Waals surface area contributed by atoms with Crippen molar-refractivity contribution in [2.45, 2.75) is 49.9 Å². The van der Waals surface area contributed by atoms with Crippen molar-refractivity contribution >= 4 is 22.1 Å². The van der Waals surface area contributed by atoms with Crippen LogP contribution in [0.15, 0.2) is 0 Å². The molecule has 0 aromatic heterocycles. The Hall–Kier alpha value is -1.29. The highest BCUT2D eigenvalue weighted by Gasteiger charge is 2.54. The number of fused-ring (bicyclic) bond motifs is 3. The highest BCUT2D eigenvalue weighted by molar-refractivity contribution is 7.87. The lowest BCUT2D eigenvalue weighted by molar-refractivity contribution is -0.161. The van der Waals surface area contributed by atoms with Gasteiger partial charge in [-0.15, -0.1) is 0 Å². The summed E-state index contributed by atoms with van der Waals surface area (Å²) in [5.74, 6) is -2.82. The van der Waals surface area contributed by atoms with Crippen LogP contribution in [-0.4, -0.2) is 42.9 Å². The first kappa shape index (κ1) is 18.1. The zero-order valence-electron chi connectivity index (χ0n) is 12.2. The molecule has 2 aliphatic heterocycles. The minimum Gasteiger partial charge on any atom is -0.462 e. The molecule has 132 valence electrons. The van der Waals surface area contributed by atoms with Gasteiger partial charge in [0.25, 0.3) is 0 Å². The molecule has 0 amide bonds. The Kier molecular flexibility index (Phi) is 5.24. The minimum absolute atomic E-state index is 0.0380. The fourth-order valence-electron chi connectivity index (χ4n) is 3.02. The van der Waals surface area contributed by atoms with Crippen molar-refractivity contribution in [3.8, 4) is 0 Å². The Morgan fingerprint density at radius 1 is 1.35 bits per heavy atom. The Bertz CT molecular complexity index is 575. The van der Waals surface area contributed by atoms with E-state index >= 15 is 0 Å². The van der Waals surface area contributed by atoms with Crippen molar-refractivity contribution in [1.82, 2.24) is 0 Å². The van der Waals surface area contributed by atoms with Crippen LogP contribution in [0.5, 0.6) is 0 Å². The van der Waals surface area contributed by atoms with E-state index in [1.807, 2.05) is 0 Å². The molecule has 1 N–H and O–H groups in total. The van der Waals surface area contributed by atoms with Gasteiger partial charge in [0.15, 0.2) is 0 Å². The van der Waals surface area contributed by atoms with E-state index < -0.39 is 27.9 Å². The summed E-state index contributed by atoms with van der Waals surface area (Å²) < 4.78 is 64.8. The second-order valence-electron chi connectivity index (χ2n) is 5.94. The van der Waals surface area contributed by atoms with E-state index in [4.69, 9.17) is 9.29 Å². The van der Waals surface area contributed by atoms with Gasteiger partial charge in [-0.05, 0) is 44.4 Å². The monoisotopic (exact) mass is 356 g/mol. The second kappa shape index (κ2) is 6.68. The van der Waals surface area contributed by atoms with Gasteiger partial charge in [-0.2, -0.15) is 17.2 Å². The molecule has 2 saturated heterocycles. The van der Waals surface area contributed by atoms with Gasteiger partial charge < -0.3 is 9.47 Å².